The van der Waals surface area contributed by atoms with Gasteiger partial charge < -0.3 is 14.0 Å². The molecule has 1 N–H and O–H groups in total. The molecular weight excluding hydrogens is 474 g/mol. The molecule has 3 aromatic rings. The summed E-state index contributed by atoms with van der Waals surface area (Å²) in [4.78, 5) is 17.3. The van der Waals surface area contributed by atoms with Gasteiger partial charge in [0.15, 0.2) is 17.3 Å². The first-order valence-electron chi connectivity index (χ1n) is 11.9. The van der Waals surface area contributed by atoms with Crippen molar-refractivity contribution in [1.82, 2.24) is 9.58 Å². The van der Waals surface area contributed by atoms with Crippen molar-refractivity contribution in [3.05, 3.63) is 64.4 Å². The van der Waals surface area contributed by atoms with Crippen molar-refractivity contribution in [3.8, 4) is 11.5 Å². The number of nitrogens with zero attached hydrogens (tertiary/aromatic N) is 4. The lowest BCUT2D eigenvalue weighted by atomic mass is 10.0. The number of aliphatic imine (C=N–C) groups is 1. The first-order chi connectivity index (χ1) is 17.4. The number of benzene rings is 2. The Kier molecular flexibility index (Phi) is 5.44. The zero-order valence-electron chi connectivity index (χ0n) is 20.3. The van der Waals surface area contributed by atoms with E-state index in [0.717, 1.165) is 62.7 Å². The lowest BCUT2D eigenvalue weighted by Crippen LogP contribution is -2.35. The monoisotopic (exact) mass is 499 g/mol. The second-order valence-corrected chi connectivity index (χ2v) is 10.1. The van der Waals surface area contributed by atoms with Crippen molar-refractivity contribution in [2.45, 2.75) is 40.2 Å². The number of hydrogen-bond donors (Lipinski definition) is 1. The van der Waals surface area contributed by atoms with E-state index in [-0.39, 0.29) is 18.2 Å². The topological polar surface area (TPSA) is 92.3 Å². The zero-order chi connectivity index (χ0) is 25.0. The van der Waals surface area contributed by atoms with Crippen LogP contribution in [0.15, 0.2) is 52.1 Å². The SMILES string of the molecule is CCCC1=NN2C(=N)/C(=C/c3c(C)n(Cc4ccc5c(c4)OCO5)c4ccc(C)cc34)C(=O)N=C2S1. The van der Waals surface area contributed by atoms with Crippen LogP contribution in [-0.2, 0) is 11.3 Å². The number of nitrogens with one attached hydrogen (secondary N) is 1. The van der Waals surface area contributed by atoms with Crippen molar-refractivity contribution in [2.75, 3.05) is 6.79 Å². The number of aryl methyl sites for hydroxylation is 1. The quantitative estimate of drug-likeness (QED) is 0.471. The van der Waals surface area contributed by atoms with Crippen LogP contribution >= 0.6 is 11.8 Å². The molecule has 9 heteroatoms. The van der Waals surface area contributed by atoms with Gasteiger partial charge in [0.05, 0.1) is 5.57 Å². The molecule has 36 heavy (non-hydrogen) atoms. The molecule has 0 spiro atoms. The van der Waals surface area contributed by atoms with Gasteiger partial charge in [-0.1, -0.05) is 24.6 Å². The molecule has 0 bridgehead atoms. The molecule has 182 valence electrons. The molecule has 3 aliphatic rings. The molecule has 0 radical (unpaired) electrons. The van der Waals surface area contributed by atoms with Gasteiger partial charge in [0.2, 0.25) is 12.0 Å². The highest BCUT2D eigenvalue weighted by molar-refractivity contribution is 8.26. The third kappa shape index (κ3) is 3.71. The Balaban J connectivity index is 1.43. The average molecular weight is 500 g/mol. The molecule has 4 heterocycles. The van der Waals surface area contributed by atoms with Crippen LogP contribution in [0.25, 0.3) is 17.0 Å². The maximum Gasteiger partial charge on any atom is 0.283 e. The molecule has 0 unspecified atom stereocenters. The standard InChI is InChI=1S/C27H25N5O3S/c1-4-5-24-30-32-25(28)20(26(33)29-27(32)36-24)12-18-16(3)31(21-8-6-15(2)10-19(18)21)13-17-7-9-22-23(11-17)35-14-34-22/h6-12,28H,4-5,13-14H2,1-3H3/b20-12-,28-25?. The minimum Gasteiger partial charge on any atom is -0.454 e. The van der Waals surface area contributed by atoms with E-state index >= 15 is 0 Å². The number of ether oxygens (including phenoxy) is 2. The number of carbonyl (C=O) groups is 1. The number of amides is 1. The number of rotatable bonds is 5. The van der Waals surface area contributed by atoms with E-state index in [1.54, 1.807) is 6.08 Å². The number of hydrazone groups is 1. The van der Waals surface area contributed by atoms with Gasteiger partial charge in [-0.05, 0) is 74.4 Å². The van der Waals surface area contributed by atoms with Gasteiger partial charge in [-0.2, -0.15) is 15.1 Å². The van der Waals surface area contributed by atoms with Gasteiger partial charge >= 0.3 is 0 Å². The molecule has 2 aromatic carbocycles. The van der Waals surface area contributed by atoms with Crippen LogP contribution in [-0.4, -0.2) is 38.3 Å². The first kappa shape index (κ1) is 22.6. The predicted octanol–water partition coefficient (Wildman–Crippen LogP) is 5.45. The van der Waals surface area contributed by atoms with Crippen LogP contribution in [0.2, 0.25) is 0 Å². The predicted molar refractivity (Wildman–Crippen MR) is 143 cm³/mol. The second kappa shape index (κ2) is 8.67. The van der Waals surface area contributed by atoms with Crippen LogP contribution < -0.4 is 9.47 Å². The van der Waals surface area contributed by atoms with E-state index in [1.807, 2.05) is 25.1 Å². The number of carbonyl (C=O) groups excluding carboxylic acids is 1. The third-order valence-corrected chi connectivity index (χ3v) is 7.52. The summed E-state index contributed by atoms with van der Waals surface area (Å²) in [6, 6.07) is 12.3. The largest absolute Gasteiger partial charge is 0.454 e. The lowest BCUT2D eigenvalue weighted by molar-refractivity contribution is -0.114. The molecule has 0 saturated heterocycles. The van der Waals surface area contributed by atoms with Crippen LogP contribution in [0, 0.1) is 19.3 Å². The molecule has 6 rings (SSSR count). The normalized spacial score (nSPS) is 17.8. The Morgan fingerprint density at radius 2 is 1.97 bits per heavy atom. The fourth-order valence-electron chi connectivity index (χ4n) is 4.72. The average Bonchev–Trinajstić information content (AvgIpc) is 3.54. The molecule has 1 amide bonds. The van der Waals surface area contributed by atoms with Crippen molar-refractivity contribution in [2.24, 2.45) is 10.1 Å². The summed E-state index contributed by atoms with van der Waals surface area (Å²) in [5.74, 6) is 1.16. The van der Waals surface area contributed by atoms with Crippen molar-refractivity contribution in [1.29, 1.82) is 5.41 Å². The fourth-order valence-corrected chi connectivity index (χ4v) is 5.71. The first-order valence-corrected chi connectivity index (χ1v) is 12.7. The number of aromatic nitrogens is 1. The third-order valence-electron chi connectivity index (χ3n) is 6.55. The fraction of sp³-hybridized carbons (Fsp3) is 0.259. The van der Waals surface area contributed by atoms with Gasteiger partial charge in [0.1, 0.15) is 5.04 Å². The van der Waals surface area contributed by atoms with E-state index in [4.69, 9.17) is 14.9 Å². The van der Waals surface area contributed by atoms with Crippen LogP contribution in [0.1, 0.15) is 42.1 Å². The Bertz CT molecular complexity index is 1550. The minimum absolute atomic E-state index is 0.0623. The number of hydrogen-bond acceptors (Lipinski definition) is 6. The van der Waals surface area contributed by atoms with E-state index in [9.17, 15) is 4.79 Å². The number of thioether (sulfide) groups is 1. The summed E-state index contributed by atoms with van der Waals surface area (Å²) < 4.78 is 13.3. The van der Waals surface area contributed by atoms with E-state index in [1.165, 1.54) is 16.8 Å². The minimum atomic E-state index is -0.407. The van der Waals surface area contributed by atoms with Crippen molar-refractivity contribution in [3.63, 3.8) is 0 Å². The van der Waals surface area contributed by atoms with Gasteiger partial charge in [0, 0.05) is 28.7 Å². The van der Waals surface area contributed by atoms with E-state index < -0.39 is 5.91 Å². The molecule has 0 fully saturated rings. The summed E-state index contributed by atoms with van der Waals surface area (Å²) in [5, 5.41) is 17.1. The molecule has 0 atom stereocenters. The Morgan fingerprint density at radius 3 is 2.81 bits per heavy atom. The number of amidine groups is 2. The van der Waals surface area contributed by atoms with Crippen molar-refractivity contribution >= 4 is 50.7 Å². The Hall–Kier alpha value is -3.85. The molecular formula is C27H25N5O3S. The summed E-state index contributed by atoms with van der Waals surface area (Å²) in [5.41, 5.74) is 5.42. The molecule has 3 aliphatic heterocycles. The highest BCUT2D eigenvalue weighted by Crippen LogP contribution is 2.36. The summed E-state index contributed by atoms with van der Waals surface area (Å²) >= 11 is 1.37. The summed E-state index contributed by atoms with van der Waals surface area (Å²) in [6.07, 6.45) is 3.54. The van der Waals surface area contributed by atoms with E-state index in [0.29, 0.717) is 11.7 Å². The molecule has 1 aromatic heterocycles. The molecule has 0 saturated carbocycles. The van der Waals surface area contributed by atoms with Crippen LogP contribution in [0.3, 0.4) is 0 Å². The van der Waals surface area contributed by atoms with E-state index in [2.05, 4.69) is 46.7 Å². The second-order valence-electron chi connectivity index (χ2n) is 9.06. The molecule has 0 aliphatic carbocycles. The summed E-state index contributed by atoms with van der Waals surface area (Å²) in [6.45, 7) is 7.05. The lowest BCUT2D eigenvalue weighted by Gasteiger charge is -2.20. The smallest absolute Gasteiger partial charge is 0.283 e. The number of fused-ring (bicyclic) bond motifs is 3. The maximum absolute atomic E-state index is 13.0. The highest BCUT2D eigenvalue weighted by atomic mass is 32.2. The van der Waals surface area contributed by atoms with Crippen LogP contribution in [0.5, 0.6) is 11.5 Å². The maximum atomic E-state index is 13.0. The van der Waals surface area contributed by atoms with Crippen LogP contribution in [0.4, 0.5) is 0 Å². The van der Waals surface area contributed by atoms with Gasteiger partial charge in [-0.15, -0.1) is 0 Å². The zero-order valence-corrected chi connectivity index (χ0v) is 21.1. The van der Waals surface area contributed by atoms with Gasteiger partial charge in [-0.25, -0.2) is 0 Å². The van der Waals surface area contributed by atoms with Gasteiger partial charge in [0.25, 0.3) is 5.91 Å². The van der Waals surface area contributed by atoms with Gasteiger partial charge in [-0.3, -0.25) is 10.2 Å². The summed E-state index contributed by atoms with van der Waals surface area (Å²) in [7, 11) is 0. The Labute approximate surface area is 212 Å². The highest BCUT2D eigenvalue weighted by Gasteiger charge is 2.35. The Morgan fingerprint density at radius 1 is 1.14 bits per heavy atom. The van der Waals surface area contributed by atoms with Crippen molar-refractivity contribution < 1.29 is 14.3 Å². The molecule has 8 nitrogen and oxygen atoms in total.